The first-order valence-electron chi connectivity index (χ1n) is 9.59. The Balaban J connectivity index is 1.81. The first-order valence-corrected chi connectivity index (χ1v) is 10.6. The lowest BCUT2D eigenvalue weighted by Gasteiger charge is -2.09. The number of carboxylic acid groups (broad SMARTS) is 1. The van der Waals surface area contributed by atoms with Crippen LogP contribution in [0.2, 0.25) is 0 Å². The fraction of sp³-hybridized carbons (Fsp3) is 0.286. The predicted molar refractivity (Wildman–Crippen MR) is 110 cm³/mol. The Hall–Kier alpha value is -3.22. The Bertz CT molecular complexity index is 1160. The van der Waals surface area contributed by atoms with E-state index in [9.17, 15) is 31.1 Å². The normalized spacial score (nSPS) is 12.1. The van der Waals surface area contributed by atoms with Gasteiger partial charge in [0.05, 0.1) is 29.1 Å². The number of hydrogen-bond donors (Lipinski definition) is 1. The summed E-state index contributed by atoms with van der Waals surface area (Å²) in [4.78, 5) is 12.2. The van der Waals surface area contributed by atoms with Crippen LogP contribution in [0.15, 0.2) is 47.4 Å². The van der Waals surface area contributed by atoms with Crippen LogP contribution in [-0.4, -0.2) is 38.9 Å². The Morgan fingerprint density at radius 2 is 1.68 bits per heavy atom. The first kappa shape index (κ1) is 25.4. The Labute approximate surface area is 193 Å². The molecule has 3 aromatic rings. The van der Waals surface area contributed by atoms with E-state index in [1.807, 2.05) is 0 Å². The van der Waals surface area contributed by atoms with Crippen molar-refractivity contribution in [2.75, 3.05) is 6.61 Å². The van der Waals surface area contributed by atoms with Crippen LogP contribution in [0.5, 0.6) is 5.75 Å². The summed E-state index contributed by atoms with van der Waals surface area (Å²) in [6.45, 7) is 1.18. The van der Waals surface area contributed by atoms with Gasteiger partial charge in [0.15, 0.2) is 6.61 Å². The average molecular weight is 505 g/mol. The number of carboxylic acids is 1. The van der Waals surface area contributed by atoms with Crippen LogP contribution in [0.4, 0.5) is 26.3 Å². The van der Waals surface area contributed by atoms with Gasteiger partial charge in [-0.1, -0.05) is 0 Å². The van der Waals surface area contributed by atoms with E-state index in [1.165, 1.54) is 11.8 Å². The van der Waals surface area contributed by atoms with E-state index in [-0.39, 0.29) is 22.8 Å². The number of rotatable bonds is 8. The summed E-state index contributed by atoms with van der Waals surface area (Å²) in [6.07, 6.45) is -10.4. The van der Waals surface area contributed by atoms with Gasteiger partial charge in [0.1, 0.15) is 5.75 Å². The molecule has 6 nitrogen and oxygen atoms in total. The van der Waals surface area contributed by atoms with Crippen LogP contribution < -0.4 is 4.74 Å². The van der Waals surface area contributed by atoms with Crippen molar-refractivity contribution in [3.05, 3.63) is 65.0 Å². The molecule has 0 amide bonds. The van der Waals surface area contributed by atoms with Crippen LogP contribution in [0, 0.1) is 6.92 Å². The van der Waals surface area contributed by atoms with Crippen molar-refractivity contribution in [1.82, 2.24) is 15.0 Å². The summed E-state index contributed by atoms with van der Waals surface area (Å²) in [6, 6.07) is 8.62. The molecule has 1 N–H and O–H groups in total. The van der Waals surface area contributed by atoms with Gasteiger partial charge in [0.25, 0.3) is 0 Å². The van der Waals surface area contributed by atoms with Gasteiger partial charge in [-0.2, -0.15) is 41.3 Å². The highest BCUT2D eigenvalue weighted by Gasteiger charge is 2.32. The number of aliphatic carboxylic acids is 1. The molecule has 0 atom stereocenters. The first-order chi connectivity index (χ1) is 15.8. The molecule has 182 valence electrons. The van der Waals surface area contributed by atoms with Crippen molar-refractivity contribution < 1.29 is 41.0 Å². The molecule has 0 aliphatic carbocycles. The molecule has 0 saturated carbocycles. The predicted octanol–water partition coefficient (Wildman–Crippen LogP) is 5.46. The van der Waals surface area contributed by atoms with Crippen LogP contribution in [0.1, 0.15) is 22.5 Å². The van der Waals surface area contributed by atoms with E-state index in [0.717, 1.165) is 29.1 Å². The van der Waals surface area contributed by atoms with Gasteiger partial charge in [-0.15, -0.1) is 11.8 Å². The number of aromatic nitrogens is 3. The molecule has 0 saturated heterocycles. The topological polar surface area (TPSA) is 77.2 Å². The number of aryl methyl sites for hydroxylation is 1. The van der Waals surface area contributed by atoms with Crippen LogP contribution >= 0.6 is 11.8 Å². The molecule has 34 heavy (non-hydrogen) atoms. The van der Waals surface area contributed by atoms with E-state index in [0.29, 0.717) is 16.2 Å². The maximum absolute atomic E-state index is 13.0. The highest BCUT2D eigenvalue weighted by atomic mass is 32.2. The van der Waals surface area contributed by atoms with Gasteiger partial charge in [0, 0.05) is 10.6 Å². The molecule has 1 aromatic heterocycles. The van der Waals surface area contributed by atoms with Crippen molar-refractivity contribution in [1.29, 1.82) is 0 Å². The zero-order valence-electron chi connectivity index (χ0n) is 17.4. The Morgan fingerprint density at radius 1 is 1.03 bits per heavy atom. The number of benzene rings is 2. The smallest absolute Gasteiger partial charge is 0.416 e. The van der Waals surface area contributed by atoms with Crippen molar-refractivity contribution in [3.63, 3.8) is 0 Å². The molecular weight excluding hydrogens is 488 g/mol. The molecule has 3 rings (SSSR count). The second kappa shape index (κ2) is 9.95. The van der Waals surface area contributed by atoms with E-state index in [4.69, 9.17) is 9.84 Å². The third-order valence-corrected chi connectivity index (χ3v) is 5.44. The lowest BCUT2D eigenvalue weighted by Crippen LogP contribution is -2.13. The lowest BCUT2D eigenvalue weighted by atomic mass is 10.2. The van der Waals surface area contributed by atoms with Gasteiger partial charge in [-0.25, -0.2) is 4.79 Å². The molecule has 2 aromatic carbocycles. The van der Waals surface area contributed by atoms with Crippen molar-refractivity contribution in [2.45, 2.75) is 36.3 Å². The third kappa shape index (κ3) is 6.89. The molecule has 13 heteroatoms. The molecule has 0 bridgehead atoms. The summed E-state index contributed by atoms with van der Waals surface area (Å²) in [5.41, 5.74) is -0.483. The van der Waals surface area contributed by atoms with Crippen molar-refractivity contribution >= 4 is 17.7 Å². The van der Waals surface area contributed by atoms with Gasteiger partial charge in [-0.3, -0.25) is 0 Å². The zero-order valence-corrected chi connectivity index (χ0v) is 18.3. The SMILES string of the molecule is Cc1cc(SCc2nn(-c3ccc(C(F)(F)F)cc3)nc2CC(F)(F)F)ccc1OCC(=O)O. The number of hydrogen-bond acceptors (Lipinski definition) is 5. The molecule has 0 aliphatic heterocycles. The zero-order chi connectivity index (χ0) is 25.1. The maximum atomic E-state index is 13.0. The molecule has 0 spiro atoms. The van der Waals surface area contributed by atoms with Gasteiger partial charge in [-0.05, 0) is 55.0 Å². The number of alkyl halides is 6. The summed E-state index contributed by atoms with van der Waals surface area (Å²) < 4.78 is 82.6. The van der Waals surface area contributed by atoms with Crippen molar-refractivity contribution in [2.24, 2.45) is 0 Å². The molecule has 0 aliphatic rings. The average Bonchev–Trinajstić information content (AvgIpc) is 3.11. The Kier molecular flexibility index (Phi) is 7.44. The molecule has 0 radical (unpaired) electrons. The van der Waals surface area contributed by atoms with E-state index >= 15 is 0 Å². The quantitative estimate of drug-likeness (QED) is 0.324. The summed E-state index contributed by atoms with van der Waals surface area (Å²) >= 11 is 1.17. The van der Waals surface area contributed by atoms with Gasteiger partial charge < -0.3 is 9.84 Å². The molecular formula is C21H17F6N3O3S. The maximum Gasteiger partial charge on any atom is 0.416 e. The largest absolute Gasteiger partial charge is 0.482 e. The number of nitrogens with zero attached hydrogens (tertiary/aromatic N) is 3. The van der Waals surface area contributed by atoms with Crippen molar-refractivity contribution in [3.8, 4) is 11.4 Å². The molecule has 1 heterocycles. The minimum absolute atomic E-state index is 0.0147. The summed E-state index contributed by atoms with van der Waals surface area (Å²) in [7, 11) is 0. The lowest BCUT2D eigenvalue weighted by molar-refractivity contribution is -0.139. The van der Waals surface area contributed by atoms with Crippen LogP contribution in [0.25, 0.3) is 5.69 Å². The highest BCUT2D eigenvalue weighted by Crippen LogP contribution is 2.31. The second-order valence-electron chi connectivity index (χ2n) is 7.12. The monoisotopic (exact) mass is 505 g/mol. The minimum Gasteiger partial charge on any atom is -0.482 e. The van der Waals surface area contributed by atoms with Gasteiger partial charge in [0.2, 0.25) is 0 Å². The molecule has 0 fully saturated rings. The Morgan fingerprint density at radius 3 is 2.24 bits per heavy atom. The molecule has 0 unspecified atom stereocenters. The van der Waals surface area contributed by atoms with Crippen LogP contribution in [0.3, 0.4) is 0 Å². The standard InChI is InChI=1S/C21H17F6N3O3S/c1-12-8-15(6-7-18(12)33-10-19(31)32)34-11-17-16(9-20(22,23)24)28-30(29-17)14-4-2-13(3-5-14)21(25,26)27/h2-8H,9-11H2,1H3,(H,31,32). The van der Waals surface area contributed by atoms with Gasteiger partial charge >= 0.3 is 18.3 Å². The summed E-state index contributed by atoms with van der Waals surface area (Å²) in [5.74, 6) is -0.759. The number of thioether (sulfide) groups is 1. The fourth-order valence-electron chi connectivity index (χ4n) is 2.87. The number of halogens is 6. The highest BCUT2D eigenvalue weighted by molar-refractivity contribution is 7.98. The second-order valence-corrected chi connectivity index (χ2v) is 8.17. The van der Waals surface area contributed by atoms with E-state index < -0.39 is 36.9 Å². The minimum atomic E-state index is -4.56. The fourth-order valence-corrected chi connectivity index (χ4v) is 3.82. The van der Waals surface area contributed by atoms with Crippen LogP contribution in [-0.2, 0) is 23.1 Å². The number of carbonyl (C=O) groups is 1. The summed E-state index contributed by atoms with van der Waals surface area (Å²) in [5, 5.41) is 16.6. The number of ether oxygens (including phenoxy) is 1. The van der Waals surface area contributed by atoms with E-state index in [1.54, 1.807) is 25.1 Å². The third-order valence-electron chi connectivity index (χ3n) is 4.43. The van der Waals surface area contributed by atoms with E-state index in [2.05, 4.69) is 10.2 Å².